The largest absolute Gasteiger partial charge is 0.373 e. The number of rotatable bonds is 3. The molecule has 0 bridgehead atoms. The van der Waals surface area contributed by atoms with Gasteiger partial charge in [0.15, 0.2) is 0 Å². The number of benzene rings is 1. The molecular formula is C15H11Cl2NO5S2. The third-order valence-electron chi connectivity index (χ3n) is 2.60. The minimum absolute atomic E-state index is 0.0761. The van der Waals surface area contributed by atoms with Crippen LogP contribution in [0.2, 0.25) is 10.0 Å². The number of nitrogens with zero attached hydrogens (tertiary/aromatic N) is 1. The lowest BCUT2D eigenvalue weighted by Crippen LogP contribution is -2.28. The number of hydrogen-bond donors (Lipinski definition) is 0. The monoisotopic (exact) mass is 419 g/mol. The summed E-state index contributed by atoms with van der Waals surface area (Å²) in [5.41, 5.74) is 0.655. The first-order valence-electron chi connectivity index (χ1n) is 6.55. The second-order valence-electron chi connectivity index (χ2n) is 4.14. The summed E-state index contributed by atoms with van der Waals surface area (Å²) >= 11 is 18.7. The quantitative estimate of drug-likeness (QED) is 0.547. The molecule has 1 aliphatic rings. The Morgan fingerprint density at radius 2 is 1.64 bits per heavy atom. The Labute approximate surface area is 163 Å². The summed E-state index contributed by atoms with van der Waals surface area (Å²) in [6.07, 6.45) is 3.08. The van der Waals surface area contributed by atoms with Crippen molar-refractivity contribution in [2.24, 2.45) is 0 Å². The molecule has 0 spiro atoms. The molecule has 0 N–H and O–H groups in total. The predicted molar refractivity (Wildman–Crippen MR) is 96.6 cm³/mol. The first kappa shape index (κ1) is 23.2. The Morgan fingerprint density at radius 3 is 2.08 bits per heavy atom. The zero-order valence-corrected chi connectivity index (χ0v) is 15.9. The van der Waals surface area contributed by atoms with Crippen LogP contribution in [0.5, 0.6) is 0 Å². The highest BCUT2D eigenvalue weighted by Crippen LogP contribution is 2.35. The van der Waals surface area contributed by atoms with Crippen molar-refractivity contribution in [3.8, 4) is 0 Å². The van der Waals surface area contributed by atoms with Crippen molar-refractivity contribution < 1.29 is 24.0 Å². The minimum Gasteiger partial charge on any atom is -0.293 e. The normalized spacial score (nSPS) is 14.0. The number of carbonyl (C=O) groups excluding carboxylic acids is 5. The zero-order chi connectivity index (χ0) is 19.4. The number of carbonyl (C=O) groups is 1. The molecule has 25 heavy (non-hydrogen) atoms. The van der Waals surface area contributed by atoms with Crippen LogP contribution in [0.15, 0.2) is 23.1 Å². The first-order valence-corrected chi connectivity index (χ1v) is 8.53. The van der Waals surface area contributed by atoms with Gasteiger partial charge in [0.1, 0.15) is 4.32 Å². The van der Waals surface area contributed by atoms with Crippen LogP contribution in [0.25, 0.3) is 6.08 Å². The van der Waals surface area contributed by atoms with Crippen LogP contribution in [0.3, 0.4) is 0 Å². The molecule has 2 rings (SSSR count). The van der Waals surface area contributed by atoms with E-state index >= 15 is 0 Å². The van der Waals surface area contributed by atoms with Crippen LogP contribution < -0.4 is 0 Å². The highest BCUT2D eigenvalue weighted by Gasteiger charge is 2.31. The Balaban J connectivity index is 0.000000844. The molecule has 1 saturated heterocycles. The molecule has 132 valence electrons. The van der Waals surface area contributed by atoms with E-state index in [0.717, 1.165) is 6.42 Å². The standard InChI is InChI=1S/C13H11Cl2NOS2.2CO2/c1-2-6-16-12(17)11(19-13(16)18)7-8-9(14)4-3-5-10(8)15;2*2-1-3/h3-5,7H,2,6H2,1H3;;/b11-7-;;. The Bertz CT molecular complexity index is 707. The topological polar surface area (TPSA) is 88.6 Å². The number of thiocarbonyl (C=S) groups is 1. The van der Waals surface area contributed by atoms with Gasteiger partial charge in [0, 0.05) is 22.2 Å². The van der Waals surface area contributed by atoms with Gasteiger partial charge in [-0.05, 0) is 24.6 Å². The highest BCUT2D eigenvalue weighted by molar-refractivity contribution is 8.26. The smallest absolute Gasteiger partial charge is 0.293 e. The SMILES string of the molecule is CCCN1C(=O)/C(=C/c2c(Cl)cccc2Cl)SC1=S.O=C=O.O=C=O. The molecular weight excluding hydrogens is 409 g/mol. The summed E-state index contributed by atoms with van der Waals surface area (Å²) in [5, 5.41) is 1.04. The van der Waals surface area contributed by atoms with Gasteiger partial charge < -0.3 is 0 Å². The van der Waals surface area contributed by atoms with Gasteiger partial charge in [-0.15, -0.1) is 0 Å². The number of amides is 1. The lowest BCUT2D eigenvalue weighted by molar-refractivity contribution is -0.193. The molecule has 0 radical (unpaired) electrons. The van der Waals surface area contributed by atoms with Gasteiger partial charge >= 0.3 is 12.3 Å². The fourth-order valence-electron chi connectivity index (χ4n) is 1.70. The summed E-state index contributed by atoms with van der Waals surface area (Å²) in [6, 6.07) is 5.25. The van der Waals surface area contributed by atoms with Crippen LogP contribution in [0.4, 0.5) is 0 Å². The van der Waals surface area contributed by atoms with Crippen molar-refractivity contribution in [2.45, 2.75) is 13.3 Å². The van der Waals surface area contributed by atoms with Gasteiger partial charge in [0.25, 0.3) is 5.91 Å². The molecule has 10 heteroatoms. The zero-order valence-electron chi connectivity index (χ0n) is 12.8. The average Bonchev–Trinajstić information content (AvgIpc) is 2.81. The molecule has 1 aromatic rings. The molecule has 0 aliphatic carbocycles. The maximum Gasteiger partial charge on any atom is 0.373 e. The third kappa shape index (κ3) is 7.32. The van der Waals surface area contributed by atoms with Gasteiger partial charge in [-0.25, -0.2) is 0 Å². The van der Waals surface area contributed by atoms with E-state index in [4.69, 9.17) is 54.6 Å². The van der Waals surface area contributed by atoms with E-state index in [-0.39, 0.29) is 18.2 Å². The van der Waals surface area contributed by atoms with Crippen molar-refractivity contribution >= 4 is 75.8 Å². The van der Waals surface area contributed by atoms with E-state index in [2.05, 4.69) is 0 Å². The molecule has 0 atom stereocenters. The highest BCUT2D eigenvalue weighted by atomic mass is 35.5. The van der Waals surface area contributed by atoms with Crippen molar-refractivity contribution in [1.29, 1.82) is 0 Å². The lowest BCUT2D eigenvalue weighted by Gasteiger charge is -2.12. The molecule has 1 amide bonds. The summed E-state index contributed by atoms with van der Waals surface area (Å²) in [4.78, 5) is 46.9. The molecule has 1 aliphatic heterocycles. The van der Waals surface area contributed by atoms with Crippen molar-refractivity contribution in [1.82, 2.24) is 4.90 Å². The third-order valence-corrected chi connectivity index (χ3v) is 4.63. The van der Waals surface area contributed by atoms with Crippen LogP contribution in [0, 0.1) is 0 Å². The van der Waals surface area contributed by atoms with Crippen molar-refractivity contribution in [3.63, 3.8) is 0 Å². The number of thioether (sulfide) groups is 1. The van der Waals surface area contributed by atoms with Gasteiger partial charge in [-0.3, -0.25) is 9.69 Å². The van der Waals surface area contributed by atoms with E-state index in [0.29, 0.717) is 31.4 Å². The van der Waals surface area contributed by atoms with E-state index in [1.165, 1.54) is 11.8 Å². The maximum atomic E-state index is 12.2. The van der Waals surface area contributed by atoms with Gasteiger partial charge in [-0.2, -0.15) is 19.2 Å². The molecule has 1 fully saturated rings. The minimum atomic E-state index is -0.0761. The first-order chi connectivity index (χ1) is 11.9. The second kappa shape index (κ2) is 12.6. The van der Waals surface area contributed by atoms with Crippen LogP contribution in [0.1, 0.15) is 18.9 Å². The van der Waals surface area contributed by atoms with Crippen LogP contribution in [-0.4, -0.2) is 34.0 Å². The average molecular weight is 420 g/mol. The summed E-state index contributed by atoms with van der Waals surface area (Å²) in [5.74, 6) is -0.0761. The molecule has 0 aromatic heterocycles. The molecule has 1 aromatic carbocycles. The van der Waals surface area contributed by atoms with E-state index in [9.17, 15) is 4.79 Å². The molecule has 6 nitrogen and oxygen atoms in total. The maximum absolute atomic E-state index is 12.2. The Hall–Kier alpha value is -1.79. The Kier molecular flexibility index (Phi) is 11.7. The predicted octanol–water partition coefficient (Wildman–Crippen LogP) is 3.44. The summed E-state index contributed by atoms with van der Waals surface area (Å²) in [6.45, 7) is 2.64. The van der Waals surface area contributed by atoms with Crippen LogP contribution in [-0.2, 0) is 24.0 Å². The van der Waals surface area contributed by atoms with Crippen molar-refractivity contribution in [3.05, 3.63) is 38.7 Å². The van der Waals surface area contributed by atoms with Gasteiger partial charge in [0.2, 0.25) is 0 Å². The molecule has 0 saturated carbocycles. The van der Waals surface area contributed by atoms with Crippen molar-refractivity contribution in [2.75, 3.05) is 6.54 Å². The molecule has 0 unspecified atom stereocenters. The fourth-order valence-corrected chi connectivity index (χ4v) is 3.49. The van der Waals surface area contributed by atoms with Gasteiger partial charge in [0.05, 0.1) is 4.91 Å². The summed E-state index contributed by atoms with van der Waals surface area (Å²) < 4.78 is 0.585. The Morgan fingerprint density at radius 1 is 1.16 bits per heavy atom. The number of hydrogen-bond acceptors (Lipinski definition) is 7. The van der Waals surface area contributed by atoms with Crippen LogP contribution >= 0.6 is 47.2 Å². The molecule has 1 heterocycles. The van der Waals surface area contributed by atoms with E-state index in [1.807, 2.05) is 6.92 Å². The van der Waals surface area contributed by atoms with Gasteiger partial charge in [-0.1, -0.05) is 60.2 Å². The number of halogens is 2. The van der Waals surface area contributed by atoms with E-state index in [1.54, 1.807) is 29.2 Å². The summed E-state index contributed by atoms with van der Waals surface area (Å²) in [7, 11) is 0. The fraction of sp³-hybridized carbons (Fsp3) is 0.200. The lowest BCUT2D eigenvalue weighted by atomic mass is 10.2. The second-order valence-corrected chi connectivity index (χ2v) is 6.63. The van der Waals surface area contributed by atoms with E-state index < -0.39 is 0 Å².